The lowest BCUT2D eigenvalue weighted by Crippen LogP contribution is -2.23. The Morgan fingerprint density at radius 2 is 1.69 bits per heavy atom. The Kier molecular flexibility index (Phi) is 9.20. The lowest BCUT2D eigenvalue weighted by Gasteiger charge is -2.12. The number of carbonyl (C=O) groups is 1. The number of nitriles is 1. The average molecular weight is 503 g/mol. The van der Waals surface area contributed by atoms with Crippen molar-refractivity contribution in [2.75, 3.05) is 19.1 Å². The van der Waals surface area contributed by atoms with Crippen molar-refractivity contribution in [2.24, 2.45) is 0 Å². The molecule has 2 saturated heterocycles. The number of para-hydroxylation sites is 1. The molecule has 184 valence electrons. The Hall–Kier alpha value is -3.45. The summed E-state index contributed by atoms with van der Waals surface area (Å²) in [5, 5.41) is 27.2. The second kappa shape index (κ2) is 12.3. The number of carboxylic acids is 1. The molecule has 0 spiro atoms. The third-order valence-corrected chi connectivity index (χ3v) is 5.74. The number of pyridine rings is 1. The lowest BCUT2D eigenvalue weighted by molar-refractivity contribution is -0.134. The van der Waals surface area contributed by atoms with E-state index < -0.39 is 11.5 Å². The van der Waals surface area contributed by atoms with Crippen molar-refractivity contribution in [3.8, 4) is 11.8 Å². The Bertz CT molecular complexity index is 1250. The number of nitrogens with zero attached hydrogens (tertiary/aromatic N) is 2. The molecule has 10 heteroatoms. The van der Waals surface area contributed by atoms with Crippen molar-refractivity contribution < 1.29 is 28.9 Å². The van der Waals surface area contributed by atoms with E-state index in [1.165, 1.54) is 16.7 Å². The molecule has 2 aromatic carbocycles. The minimum Gasteiger partial charge on any atom is -0.506 e. The van der Waals surface area contributed by atoms with E-state index in [2.05, 4.69) is 0 Å². The molecule has 1 aromatic heterocycles. The first-order chi connectivity index (χ1) is 16.8. The number of benzene rings is 2. The highest BCUT2D eigenvalue weighted by atomic mass is 35.5. The molecule has 8 nitrogen and oxygen atoms in total. The second-order valence-electron chi connectivity index (χ2n) is 7.79. The third-order valence-electron chi connectivity index (χ3n) is 5.51. The number of alkyl halides is 1. The van der Waals surface area contributed by atoms with Crippen LogP contribution in [0.5, 0.6) is 5.75 Å². The molecule has 5 rings (SSSR count). The van der Waals surface area contributed by atoms with Crippen LogP contribution in [0.4, 0.5) is 4.39 Å². The smallest absolute Gasteiger partial charge is 0.318 e. The SMILES string of the molecule is C1C[C@H]2OCC[C@H]2O1.N#Cc1c(O)c2ccccc2n(Cc2ccc(F)cc2)c1=O.O=C(O)CCl. The maximum atomic E-state index is 13.0. The third kappa shape index (κ3) is 6.57. The van der Waals surface area contributed by atoms with Crippen molar-refractivity contribution in [3.05, 3.63) is 75.8 Å². The van der Waals surface area contributed by atoms with Gasteiger partial charge in [0, 0.05) is 18.6 Å². The predicted octanol–water partition coefficient (Wildman–Crippen LogP) is 3.64. The highest BCUT2D eigenvalue weighted by Gasteiger charge is 2.33. The minimum atomic E-state index is -0.980. The van der Waals surface area contributed by atoms with Gasteiger partial charge in [0.05, 0.1) is 24.3 Å². The van der Waals surface area contributed by atoms with E-state index in [0.29, 0.717) is 23.1 Å². The molecule has 0 aliphatic carbocycles. The normalized spacial score (nSPS) is 18.0. The van der Waals surface area contributed by atoms with E-state index in [4.69, 9.17) is 31.4 Å². The maximum absolute atomic E-state index is 13.0. The zero-order chi connectivity index (χ0) is 25.4. The molecular weight excluding hydrogens is 479 g/mol. The van der Waals surface area contributed by atoms with Gasteiger partial charge in [0.25, 0.3) is 5.56 Å². The largest absolute Gasteiger partial charge is 0.506 e. The molecule has 35 heavy (non-hydrogen) atoms. The van der Waals surface area contributed by atoms with Crippen LogP contribution < -0.4 is 5.56 Å². The fourth-order valence-corrected chi connectivity index (χ4v) is 3.84. The monoisotopic (exact) mass is 502 g/mol. The van der Waals surface area contributed by atoms with Gasteiger partial charge in [0.15, 0.2) is 5.56 Å². The summed E-state index contributed by atoms with van der Waals surface area (Å²) in [6.45, 7) is 2.01. The van der Waals surface area contributed by atoms with E-state index in [9.17, 15) is 19.1 Å². The maximum Gasteiger partial charge on any atom is 0.318 e. The number of hydrogen-bond acceptors (Lipinski definition) is 6. The molecule has 0 radical (unpaired) electrons. The summed E-state index contributed by atoms with van der Waals surface area (Å²) in [7, 11) is 0. The number of aliphatic carboxylic acids is 1. The zero-order valence-corrected chi connectivity index (χ0v) is 19.4. The van der Waals surface area contributed by atoms with Crippen LogP contribution in [0.25, 0.3) is 10.9 Å². The summed E-state index contributed by atoms with van der Waals surface area (Å²) in [6.07, 6.45) is 3.14. The van der Waals surface area contributed by atoms with Crippen LogP contribution in [0, 0.1) is 17.1 Å². The fraction of sp³-hybridized carbons (Fsp3) is 0.320. The van der Waals surface area contributed by atoms with Crippen LogP contribution in [-0.4, -0.2) is 52.1 Å². The Labute approximate surface area is 205 Å². The number of fused-ring (bicyclic) bond motifs is 2. The summed E-state index contributed by atoms with van der Waals surface area (Å²) in [4.78, 5) is 21.6. The first-order valence-corrected chi connectivity index (χ1v) is 11.4. The summed E-state index contributed by atoms with van der Waals surface area (Å²) in [5.74, 6) is -1.95. The van der Waals surface area contributed by atoms with Gasteiger partial charge >= 0.3 is 5.97 Å². The van der Waals surface area contributed by atoms with E-state index in [1.54, 1.807) is 42.5 Å². The summed E-state index contributed by atoms with van der Waals surface area (Å²) in [5.41, 5.74) is 0.389. The van der Waals surface area contributed by atoms with Gasteiger partial charge in [0.1, 0.15) is 23.5 Å². The fourth-order valence-electron chi connectivity index (χ4n) is 3.84. The van der Waals surface area contributed by atoms with Crippen LogP contribution in [0.15, 0.2) is 53.3 Å². The van der Waals surface area contributed by atoms with Gasteiger partial charge in [-0.1, -0.05) is 24.3 Å². The quantitative estimate of drug-likeness (QED) is 0.524. The van der Waals surface area contributed by atoms with Crippen molar-refractivity contribution in [3.63, 3.8) is 0 Å². The molecule has 2 atom stereocenters. The first kappa shape index (κ1) is 26.2. The van der Waals surface area contributed by atoms with Crippen LogP contribution >= 0.6 is 11.6 Å². The molecular formula is C25H24ClFN2O6. The summed E-state index contributed by atoms with van der Waals surface area (Å²) in [6, 6.07) is 14.3. The topological polar surface area (TPSA) is 122 Å². The molecule has 2 fully saturated rings. The van der Waals surface area contributed by atoms with Crippen LogP contribution in [0.3, 0.4) is 0 Å². The average Bonchev–Trinajstić information content (AvgIpc) is 3.50. The van der Waals surface area contributed by atoms with E-state index in [1.807, 2.05) is 0 Å². The van der Waals surface area contributed by atoms with Crippen LogP contribution in [0.1, 0.15) is 24.0 Å². The molecule has 0 saturated carbocycles. The number of hydrogen-bond donors (Lipinski definition) is 2. The number of ether oxygens (including phenoxy) is 2. The minimum absolute atomic E-state index is 0.189. The molecule has 2 aliphatic rings. The van der Waals surface area contributed by atoms with Gasteiger partial charge in [-0.2, -0.15) is 5.26 Å². The molecule has 2 aliphatic heterocycles. The molecule has 3 heterocycles. The zero-order valence-electron chi connectivity index (χ0n) is 18.7. The van der Waals surface area contributed by atoms with Crippen LogP contribution in [0.2, 0.25) is 0 Å². The van der Waals surface area contributed by atoms with Gasteiger partial charge in [0.2, 0.25) is 0 Å². The number of aromatic hydroxyl groups is 1. The summed E-state index contributed by atoms with van der Waals surface area (Å²) >= 11 is 4.74. The van der Waals surface area contributed by atoms with E-state index in [0.717, 1.165) is 31.6 Å². The molecule has 0 unspecified atom stereocenters. The predicted molar refractivity (Wildman–Crippen MR) is 127 cm³/mol. The standard InChI is InChI=1S/C17H11FN2O2.C6H10O2.C2H3ClO2/c18-12-7-5-11(6-8-12)10-20-15-4-2-1-3-13(15)16(21)14(9-19)17(20)22;1-3-7-6-2-4-8-5(1)6;3-1-2(4)5/h1-8,21H,10H2;5-6H,1-4H2;1H2,(H,4,5)/t;5-,6-;/m.1./s1. The summed E-state index contributed by atoms with van der Waals surface area (Å²) < 4.78 is 25.1. The van der Waals surface area contributed by atoms with Crippen molar-refractivity contribution in [2.45, 2.75) is 31.6 Å². The van der Waals surface area contributed by atoms with Gasteiger partial charge in [-0.25, -0.2) is 4.39 Å². The highest BCUT2D eigenvalue weighted by molar-refractivity contribution is 6.26. The second-order valence-corrected chi connectivity index (χ2v) is 8.06. The van der Waals surface area contributed by atoms with Crippen molar-refractivity contribution in [1.29, 1.82) is 5.26 Å². The van der Waals surface area contributed by atoms with E-state index >= 15 is 0 Å². The number of carboxylic acid groups (broad SMARTS) is 1. The highest BCUT2D eigenvalue weighted by Crippen LogP contribution is 2.26. The Morgan fingerprint density at radius 3 is 2.23 bits per heavy atom. The molecule has 0 amide bonds. The number of halogens is 2. The van der Waals surface area contributed by atoms with Crippen molar-refractivity contribution >= 4 is 28.5 Å². The Morgan fingerprint density at radius 1 is 1.11 bits per heavy atom. The van der Waals surface area contributed by atoms with Crippen LogP contribution in [-0.2, 0) is 20.8 Å². The number of rotatable bonds is 3. The molecule has 0 bridgehead atoms. The van der Waals surface area contributed by atoms with Gasteiger partial charge in [-0.3, -0.25) is 9.59 Å². The van der Waals surface area contributed by atoms with Crippen molar-refractivity contribution in [1.82, 2.24) is 4.57 Å². The van der Waals surface area contributed by atoms with Gasteiger partial charge in [-0.15, -0.1) is 11.6 Å². The molecule has 3 aromatic rings. The van der Waals surface area contributed by atoms with Gasteiger partial charge < -0.3 is 24.3 Å². The Balaban J connectivity index is 0.000000214. The first-order valence-electron chi connectivity index (χ1n) is 10.9. The van der Waals surface area contributed by atoms with E-state index in [-0.39, 0.29) is 29.6 Å². The van der Waals surface area contributed by atoms with Gasteiger partial charge in [-0.05, 0) is 42.7 Å². The number of aromatic nitrogens is 1. The molecule has 2 N–H and O–H groups in total. The lowest BCUT2D eigenvalue weighted by atomic mass is 10.1.